The van der Waals surface area contributed by atoms with Crippen molar-refractivity contribution in [3.8, 4) is 0 Å². The molecule has 0 aromatic heterocycles. The van der Waals surface area contributed by atoms with Gasteiger partial charge in [0.05, 0.1) is 19.8 Å². The summed E-state index contributed by atoms with van der Waals surface area (Å²) in [6.07, 6.45) is 1.45. The molecular weight excluding hydrogens is 538 g/mol. The lowest BCUT2D eigenvalue weighted by Crippen LogP contribution is -2.40. The van der Waals surface area contributed by atoms with Crippen LogP contribution >= 0.6 is 13.4 Å². The van der Waals surface area contributed by atoms with Crippen LogP contribution in [0, 0.1) is 6.92 Å². The van der Waals surface area contributed by atoms with Crippen LogP contribution in [0.4, 0.5) is 0 Å². The van der Waals surface area contributed by atoms with E-state index in [1.165, 1.54) is 11.0 Å². The maximum absolute atomic E-state index is 12.4. The van der Waals surface area contributed by atoms with Crippen molar-refractivity contribution in [3.05, 3.63) is 47.2 Å². The highest BCUT2D eigenvalue weighted by atomic mass is 32.5. The third kappa shape index (κ3) is 18.8. The molecule has 0 saturated carbocycles. The molecule has 0 atom stereocenters. The number of nitrogens with zero attached hydrogens (tertiary/aromatic N) is 2. The fourth-order valence-electron chi connectivity index (χ4n) is 2.55. The molecule has 1 aromatic carbocycles. The van der Waals surface area contributed by atoms with Gasteiger partial charge in [-0.05, 0) is 36.1 Å². The first-order chi connectivity index (χ1) is 16.1. The van der Waals surface area contributed by atoms with Crippen molar-refractivity contribution in [2.45, 2.75) is 41.2 Å². The number of ether oxygens (including phenoxy) is 1. The van der Waals surface area contributed by atoms with Crippen molar-refractivity contribution in [3.63, 3.8) is 0 Å². The summed E-state index contributed by atoms with van der Waals surface area (Å²) >= 11 is 7.21. The van der Waals surface area contributed by atoms with E-state index in [0.29, 0.717) is 38.5 Å². The van der Waals surface area contributed by atoms with Crippen molar-refractivity contribution in [1.29, 1.82) is 0 Å². The molecule has 2 aliphatic heterocycles. The van der Waals surface area contributed by atoms with Crippen molar-refractivity contribution >= 4 is 48.9 Å². The normalized spacial score (nSPS) is 15.2. The molecule has 202 valence electrons. The number of rotatable bonds is 3. The summed E-state index contributed by atoms with van der Waals surface area (Å²) in [7, 11) is 0. The Morgan fingerprint density at radius 1 is 0.857 bits per heavy atom. The smallest absolute Gasteiger partial charge is 0.319 e. The highest BCUT2D eigenvalue weighted by molar-refractivity contribution is 8.06. The Morgan fingerprint density at radius 3 is 1.66 bits per heavy atom. The Labute approximate surface area is 216 Å². The van der Waals surface area contributed by atoms with E-state index >= 15 is 0 Å². The molecule has 2 amide bonds. The largest absolute Gasteiger partial charge is 0.378 e. The molecule has 1 saturated heterocycles. The second kappa shape index (κ2) is 18.2. The first kappa shape index (κ1) is 36.1. The van der Waals surface area contributed by atoms with Crippen LogP contribution in [-0.4, -0.2) is 77.3 Å². The van der Waals surface area contributed by atoms with Gasteiger partial charge >= 0.3 is 13.4 Å². The Balaban J connectivity index is 0. The van der Waals surface area contributed by atoms with E-state index in [-0.39, 0.29) is 11.8 Å². The maximum atomic E-state index is 12.4. The third-order valence-electron chi connectivity index (χ3n) is 3.80. The highest BCUT2D eigenvalue weighted by Gasteiger charge is 2.34. The maximum Gasteiger partial charge on any atom is 0.319 e. The second-order valence-corrected chi connectivity index (χ2v) is 11.4. The number of carbonyl (C=O) groups is 2. The average Bonchev–Trinajstić information content (AvgIpc) is 3.05. The first-order valence-corrected chi connectivity index (χ1v) is 16.0. The van der Waals surface area contributed by atoms with E-state index in [9.17, 15) is 9.59 Å². The zero-order valence-corrected chi connectivity index (χ0v) is 23.9. The van der Waals surface area contributed by atoms with Crippen LogP contribution in [0.15, 0.2) is 36.0 Å². The van der Waals surface area contributed by atoms with Gasteiger partial charge in [0.2, 0.25) is 0 Å². The average molecular weight is 575 g/mol. The van der Waals surface area contributed by atoms with E-state index in [1.54, 1.807) is 0 Å². The Hall–Kier alpha value is -1.08. The predicted molar refractivity (Wildman–Crippen MR) is 142 cm³/mol. The van der Waals surface area contributed by atoms with Crippen LogP contribution in [0.5, 0.6) is 0 Å². The van der Waals surface area contributed by atoms with Gasteiger partial charge in [0, 0.05) is 19.2 Å². The summed E-state index contributed by atoms with van der Waals surface area (Å²) in [5, 5.41) is 0. The molecule has 0 spiro atoms. The van der Waals surface area contributed by atoms with E-state index < -0.39 is 13.4 Å². The van der Waals surface area contributed by atoms with Gasteiger partial charge in [0.25, 0.3) is 11.8 Å². The zero-order chi connectivity index (χ0) is 27.8. The Kier molecular flexibility index (Phi) is 18.8. The van der Waals surface area contributed by atoms with Crippen LogP contribution < -0.4 is 0 Å². The standard InChI is InChI=1S/C16H18N2O3.2C2H6.2H3O3PS/c1-12-2-4-13(5-3-12)11-18-15(19)10-14(16(18)20)17-6-8-21-9-7-17;2*1-2;2*1-4(2,3)5/h2-5,10H,6-9,11H2,1H3;2*1-2H3;2*(H3,1,2,3,5). The number of imide groups is 1. The Bertz CT molecular complexity index is 860. The summed E-state index contributed by atoms with van der Waals surface area (Å²) in [6.45, 7) is 5.22. The number of benzene rings is 1. The summed E-state index contributed by atoms with van der Waals surface area (Å²) < 4.78 is 5.28. The second-order valence-electron chi connectivity index (χ2n) is 6.37. The van der Waals surface area contributed by atoms with Crippen LogP contribution in [-0.2, 0) is 44.5 Å². The molecule has 35 heavy (non-hydrogen) atoms. The number of aryl methyl sites for hydroxylation is 1. The van der Waals surface area contributed by atoms with Crippen molar-refractivity contribution in [2.24, 2.45) is 0 Å². The van der Waals surface area contributed by atoms with Gasteiger partial charge in [0.1, 0.15) is 5.70 Å². The SMILES string of the molecule is CC.CC.Cc1ccc(CN2C(=O)C=C(N3CCOCC3)C2=O)cc1.OP(O)(O)=S.OP(O)(O)=S. The molecule has 0 unspecified atom stereocenters. The quantitative estimate of drug-likeness (QED) is 0.227. The molecule has 1 aromatic rings. The molecular formula is C20H36N2O9P2S2. The molecule has 15 heteroatoms. The minimum Gasteiger partial charge on any atom is -0.378 e. The lowest BCUT2D eigenvalue weighted by molar-refractivity contribution is -0.138. The summed E-state index contributed by atoms with van der Waals surface area (Å²) in [6, 6.07) is 7.86. The number of hydrogen-bond donors (Lipinski definition) is 6. The van der Waals surface area contributed by atoms with E-state index in [4.69, 9.17) is 34.1 Å². The molecule has 1 fully saturated rings. The lowest BCUT2D eigenvalue weighted by Gasteiger charge is -2.29. The van der Waals surface area contributed by atoms with Crippen LogP contribution in [0.1, 0.15) is 38.8 Å². The molecule has 3 rings (SSSR count). The fraction of sp³-hybridized carbons (Fsp3) is 0.500. The fourth-order valence-corrected chi connectivity index (χ4v) is 2.55. The van der Waals surface area contributed by atoms with Gasteiger partial charge in [-0.25, -0.2) is 0 Å². The van der Waals surface area contributed by atoms with Gasteiger partial charge < -0.3 is 39.0 Å². The monoisotopic (exact) mass is 574 g/mol. The molecule has 2 heterocycles. The van der Waals surface area contributed by atoms with Crippen LogP contribution in [0.3, 0.4) is 0 Å². The van der Waals surface area contributed by atoms with E-state index in [1.807, 2.05) is 63.8 Å². The van der Waals surface area contributed by atoms with Gasteiger partial charge in [-0.2, -0.15) is 0 Å². The topological polar surface area (TPSA) is 171 Å². The molecule has 0 aliphatic carbocycles. The van der Waals surface area contributed by atoms with Crippen LogP contribution in [0.2, 0.25) is 0 Å². The van der Waals surface area contributed by atoms with Gasteiger partial charge in [-0.15, -0.1) is 0 Å². The first-order valence-electron chi connectivity index (χ1n) is 10.7. The minimum atomic E-state index is -3.81. The van der Waals surface area contributed by atoms with Gasteiger partial charge in [-0.1, -0.05) is 57.5 Å². The molecule has 0 bridgehead atoms. The van der Waals surface area contributed by atoms with Crippen molar-refractivity contribution in [2.75, 3.05) is 26.3 Å². The van der Waals surface area contributed by atoms with Crippen LogP contribution in [0.25, 0.3) is 0 Å². The lowest BCUT2D eigenvalue weighted by atomic mass is 10.1. The van der Waals surface area contributed by atoms with E-state index in [0.717, 1.165) is 11.1 Å². The predicted octanol–water partition coefficient (Wildman–Crippen LogP) is 1.51. The van der Waals surface area contributed by atoms with Crippen molar-refractivity contribution < 1.29 is 43.7 Å². The number of morpholine rings is 1. The zero-order valence-electron chi connectivity index (χ0n) is 20.4. The molecule has 6 N–H and O–H groups in total. The summed E-state index contributed by atoms with van der Waals surface area (Å²) in [5.41, 5.74) is 2.61. The van der Waals surface area contributed by atoms with Crippen molar-refractivity contribution in [1.82, 2.24) is 9.80 Å². The number of amides is 2. The van der Waals surface area contributed by atoms with Gasteiger partial charge in [-0.3, -0.25) is 14.5 Å². The van der Waals surface area contributed by atoms with Gasteiger partial charge in [0.15, 0.2) is 0 Å². The number of hydrogen-bond acceptors (Lipinski definition) is 6. The number of carbonyl (C=O) groups excluding carboxylic acids is 2. The summed E-state index contributed by atoms with van der Waals surface area (Å²) in [5.74, 6) is -0.440. The molecule has 2 aliphatic rings. The summed E-state index contributed by atoms with van der Waals surface area (Å²) in [4.78, 5) is 73.1. The minimum absolute atomic E-state index is 0.206. The van der Waals surface area contributed by atoms with E-state index in [2.05, 4.69) is 23.6 Å². The Morgan fingerprint density at radius 2 is 1.26 bits per heavy atom. The molecule has 0 radical (unpaired) electrons. The third-order valence-corrected chi connectivity index (χ3v) is 3.80. The molecule has 11 nitrogen and oxygen atoms in total. The highest BCUT2D eigenvalue weighted by Crippen LogP contribution is 2.27.